The highest BCUT2D eigenvalue weighted by Crippen LogP contribution is 2.28. The fraction of sp³-hybridized carbons (Fsp3) is 0.471. The lowest BCUT2D eigenvalue weighted by molar-refractivity contribution is 0.0681. The van der Waals surface area contributed by atoms with E-state index in [-0.39, 0.29) is 5.91 Å². The fourth-order valence-electron chi connectivity index (χ4n) is 3.26. The van der Waals surface area contributed by atoms with Crippen molar-refractivity contribution in [3.05, 3.63) is 36.0 Å². The Labute approximate surface area is 120 Å². The molecule has 1 aliphatic carbocycles. The van der Waals surface area contributed by atoms with Crippen LogP contribution in [0.2, 0.25) is 0 Å². The van der Waals surface area contributed by atoms with Crippen molar-refractivity contribution in [3.63, 3.8) is 0 Å². The van der Waals surface area contributed by atoms with Gasteiger partial charge in [-0.3, -0.25) is 4.79 Å². The largest absolute Gasteiger partial charge is 0.361 e. The summed E-state index contributed by atoms with van der Waals surface area (Å²) in [5.74, 6) is 0.956. The first-order chi connectivity index (χ1) is 9.66. The second-order valence-electron chi connectivity index (χ2n) is 6.07. The Hall–Kier alpha value is -1.77. The third-order valence-electron chi connectivity index (χ3n) is 4.68. The Balaban J connectivity index is 1.83. The van der Waals surface area contributed by atoms with Crippen LogP contribution >= 0.6 is 0 Å². The van der Waals surface area contributed by atoms with Crippen molar-refractivity contribution in [2.24, 2.45) is 5.92 Å². The van der Waals surface area contributed by atoms with Gasteiger partial charge in [-0.2, -0.15) is 0 Å². The van der Waals surface area contributed by atoms with Crippen LogP contribution in [-0.4, -0.2) is 28.9 Å². The number of carbonyl (C=O) groups is 1. The Morgan fingerprint density at radius 2 is 1.95 bits per heavy atom. The van der Waals surface area contributed by atoms with E-state index in [0.717, 1.165) is 35.2 Å². The van der Waals surface area contributed by atoms with Crippen LogP contribution in [0.3, 0.4) is 0 Å². The average Bonchev–Trinajstić information content (AvgIpc) is 2.95. The minimum absolute atomic E-state index is 0.148. The fourth-order valence-corrected chi connectivity index (χ4v) is 3.26. The van der Waals surface area contributed by atoms with Crippen LogP contribution in [0.25, 0.3) is 10.9 Å². The molecule has 0 atom stereocenters. The van der Waals surface area contributed by atoms with Crippen LogP contribution in [0.5, 0.6) is 0 Å². The number of rotatable bonds is 2. The number of hydrogen-bond acceptors (Lipinski definition) is 1. The molecule has 0 radical (unpaired) electrons. The number of benzene rings is 1. The number of aromatic amines is 1. The molecule has 3 heteroatoms. The maximum atomic E-state index is 12.7. The quantitative estimate of drug-likeness (QED) is 0.884. The predicted molar refractivity (Wildman–Crippen MR) is 81.8 cm³/mol. The molecule has 1 fully saturated rings. The van der Waals surface area contributed by atoms with Crippen molar-refractivity contribution in [1.82, 2.24) is 9.88 Å². The van der Waals surface area contributed by atoms with Gasteiger partial charge in [0.1, 0.15) is 0 Å². The van der Waals surface area contributed by atoms with E-state index in [1.54, 1.807) is 0 Å². The summed E-state index contributed by atoms with van der Waals surface area (Å²) in [6.07, 6.45) is 6.62. The predicted octanol–water partition coefficient (Wildman–Crippen LogP) is 3.82. The van der Waals surface area contributed by atoms with Gasteiger partial charge in [0.25, 0.3) is 5.91 Å². The summed E-state index contributed by atoms with van der Waals surface area (Å²) in [5.41, 5.74) is 1.84. The van der Waals surface area contributed by atoms with E-state index in [2.05, 4.69) is 11.9 Å². The first-order valence-corrected chi connectivity index (χ1v) is 7.50. The smallest absolute Gasteiger partial charge is 0.254 e. The minimum atomic E-state index is 0.148. The van der Waals surface area contributed by atoms with Gasteiger partial charge in [0, 0.05) is 35.8 Å². The van der Waals surface area contributed by atoms with Crippen molar-refractivity contribution >= 4 is 16.8 Å². The normalized spacial score (nSPS) is 22.9. The molecular formula is C17H22N2O. The summed E-state index contributed by atoms with van der Waals surface area (Å²) in [7, 11) is 1.95. The molecule has 1 N–H and O–H groups in total. The Kier molecular flexibility index (Phi) is 3.51. The zero-order valence-corrected chi connectivity index (χ0v) is 12.2. The molecule has 2 aromatic rings. The van der Waals surface area contributed by atoms with E-state index in [4.69, 9.17) is 0 Å². The van der Waals surface area contributed by atoms with Crippen LogP contribution in [0.1, 0.15) is 43.0 Å². The summed E-state index contributed by atoms with van der Waals surface area (Å²) in [6.45, 7) is 2.30. The molecule has 1 saturated carbocycles. The molecule has 1 aromatic heterocycles. The topological polar surface area (TPSA) is 36.1 Å². The molecule has 1 heterocycles. The lowest BCUT2D eigenvalue weighted by atomic mass is 9.86. The number of aromatic nitrogens is 1. The SMILES string of the molecule is CC1CCC(N(C)C(=O)c2cccc3[nH]ccc23)CC1. The minimum Gasteiger partial charge on any atom is -0.361 e. The number of H-pyrrole nitrogens is 1. The highest BCUT2D eigenvalue weighted by molar-refractivity contribution is 6.06. The van der Waals surface area contributed by atoms with Gasteiger partial charge in [-0.05, 0) is 49.8 Å². The summed E-state index contributed by atoms with van der Waals surface area (Å²) in [4.78, 5) is 17.9. The van der Waals surface area contributed by atoms with Crippen molar-refractivity contribution in [2.45, 2.75) is 38.6 Å². The van der Waals surface area contributed by atoms with E-state index in [1.807, 2.05) is 42.4 Å². The number of fused-ring (bicyclic) bond motifs is 1. The number of hydrogen-bond donors (Lipinski definition) is 1. The highest BCUT2D eigenvalue weighted by atomic mass is 16.2. The zero-order valence-electron chi connectivity index (χ0n) is 12.2. The first kappa shape index (κ1) is 13.2. The van der Waals surface area contributed by atoms with Crippen LogP contribution in [0.4, 0.5) is 0 Å². The van der Waals surface area contributed by atoms with Crippen molar-refractivity contribution < 1.29 is 4.79 Å². The van der Waals surface area contributed by atoms with Crippen LogP contribution in [0, 0.1) is 5.92 Å². The number of nitrogens with zero attached hydrogens (tertiary/aromatic N) is 1. The van der Waals surface area contributed by atoms with Gasteiger partial charge < -0.3 is 9.88 Å². The van der Waals surface area contributed by atoms with Crippen LogP contribution in [-0.2, 0) is 0 Å². The Morgan fingerprint density at radius 1 is 1.20 bits per heavy atom. The monoisotopic (exact) mass is 270 g/mol. The van der Waals surface area contributed by atoms with E-state index in [9.17, 15) is 4.79 Å². The molecule has 3 nitrogen and oxygen atoms in total. The zero-order chi connectivity index (χ0) is 14.1. The second kappa shape index (κ2) is 5.31. The van der Waals surface area contributed by atoms with Gasteiger partial charge in [-0.15, -0.1) is 0 Å². The van der Waals surface area contributed by atoms with Gasteiger partial charge in [-0.25, -0.2) is 0 Å². The number of carbonyl (C=O) groups excluding carboxylic acids is 1. The van der Waals surface area contributed by atoms with E-state index < -0.39 is 0 Å². The third kappa shape index (κ3) is 2.33. The molecule has 0 bridgehead atoms. The Morgan fingerprint density at radius 3 is 2.70 bits per heavy atom. The van der Waals surface area contributed by atoms with E-state index >= 15 is 0 Å². The first-order valence-electron chi connectivity index (χ1n) is 7.50. The van der Waals surface area contributed by atoms with Crippen molar-refractivity contribution in [2.75, 3.05) is 7.05 Å². The molecule has 20 heavy (non-hydrogen) atoms. The summed E-state index contributed by atoms with van der Waals surface area (Å²) in [6, 6.07) is 8.27. The maximum absolute atomic E-state index is 12.7. The third-order valence-corrected chi connectivity index (χ3v) is 4.68. The molecular weight excluding hydrogens is 248 g/mol. The van der Waals surface area contributed by atoms with E-state index in [0.29, 0.717) is 6.04 Å². The van der Waals surface area contributed by atoms with Crippen LogP contribution in [0.15, 0.2) is 30.5 Å². The van der Waals surface area contributed by atoms with Crippen molar-refractivity contribution in [3.8, 4) is 0 Å². The maximum Gasteiger partial charge on any atom is 0.254 e. The van der Waals surface area contributed by atoms with Gasteiger partial charge in [-0.1, -0.05) is 13.0 Å². The lowest BCUT2D eigenvalue weighted by Crippen LogP contribution is -2.39. The molecule has 1 aliphatic rings. The molecule has 0 spiro atoms. The molecule has 106 valence electrons. The summed E-state index contributed by atoms with van der Waals surface area (Å²) >= 11 is 0. The highest BCUT2D eigenvalue weighted by Gasteiger charge is 2.26. The molecule has 1 amide bonds. The molecule has 3 rings (SSSR count). The second-order valence-corrected chi connectivity index (χ2v) is 6.07. The molecule has 1 aromatic carbocycles. The lowest BCUT2D eigenvalue weighted by Gasteiger charge is -2.33. The number of nitrogens with one attached hydrogen (secondary N) is 1. The van der Waals surface area contributed by atoms with Gasteiger partial charge in [0.05, 0.1) is 0 Å². The average molecular weight is 270 g/mol. The Bertz CT molecular complexity index is 608. The van der Waals surface area contributed by atoms with Crippen LogP contribution < -0.4 is 0 Å². The number of amides is 1. The van der Waals surface area contributed by atoms with Gasteiger partial charge in [0.15, 0.2) is 0 Å². The standard InChI is InChI=1S/C17H22N2O/c1-12-6-8-13(9-7-12)19(2)17(20)15-4-3-5-16-14(15)10-11-18-16/h3-5,10-13,18H,6-9H2,1-2H3. The molecule has 0 unspecified atom stereocenters. The summed E-state index contributed by atoms with van der Waals surface area (Å²) < 4.78 is 0. The molecule has 0 aliphatic heterocycles. The molecule has 0 saturated heterocycles. The van der Waals surface area contributed by atoms with E-state index in [1.165, 1.54) is 12.8 Å². The summed E-state index contributed by atoms with van der Waals surface area (Å²) in [5, 5.41) is 1.02. The van der Waals surface area contributed by atoms with Gasteiger partial charge >= 0.3 is 0 Å². The van der Waals surface area contributed by atoms with Gasteiger partial charge in [0.2, 0.25) is 0 Å². The van der Waals surface area contributed by atoms with Crippen molar-refractivity contribution in [1.29, 1.82) is 0 Å².